The number of methoxy groups -OCH3 is 1. The Kier molecular flexibility index (Phi) is 6.02. The fourth-order valence-electron chi connectivity index (χ4n) is 3.18. The van der Waals surface area contributed by atoms with Crippen molar-refractivity contribution in [2.24, 2.45) is 0 Å². The zero-order chi connectivity index (χ0) is 20.2. The largest absolute Gasteiger partial charge is 0.388 e. The molecule has 1 aromatic carbocycles. The van der Waals surface area contributed by atoms with Gasteiger partial charge in [-0.05, 0) is 48.3 Å². The SMILES string of the molecule is COC1CCN(c2ccc(-c3nc(CO)ns3)nn2)C1C#Cc1cccc(Cl)c1. The summed E-state index contributed by atoms with van der Waals surface area (Å²) in [5.41, 5.74) is 1.48. The summed E-state index contributed by atoms with van der Waals surface area (Å²) in [5.74, 6) is 7.61. The van der Waals surface area contributed by atoms with Crippen LogP contribution in [-0.2, 0) is 11.3 Å². The fraction of sp³-hybridized carbons (Fsp3) is 0.300. The van der Waals surface area contributed by atoms with Crippen molar-refractivity contribution in [3.05, 3.63) is 52.8 Å². The molecule has 2 aromatic heterocycles. The van der Waals surface area contributed by atoms with Crippen LogP contribution < -0.4 is 4.90 Å². The quantitative estimate of drug-likeness (QED) is 0.641. The maximum atomic E-state index is 9.12. The highest BCUT2D eigenvalue weighted by atomic mass is 35.5. The summed E-state index contributed by atoms with van der Waals surface area (Å²) in [4.78, 5) is 6.32. The van der Waals surface area contributed by atoms with Gasteiger partial charge in [-0.15, -0.1) is 10.2 Å². The van der Waals surface area contributed by atoms with Crippen LogP contribution in [0.5, 0.6) is 0 Å². The lowest BCUT2D eigenvalue weighted by molar-refractivity contribution is 0.108. The van der Waals surface area contributed by atoms with E-state index in [2.05, 4.69) is 36.3 Å². The molecule has 0 amide bonds. The molecule has 0 saturated carbocycles. The Hall–Kier alpha value is -2.57. The Morgan fingerprint density at radius 1 is 1.31 bits per heavy atom. The van der Waals surface area contributed by atoms with E-state index >= 15 is 0 Å². The molecule has 7 nitrogen and oxygen atoms in total. The summed E-state index contributed by atoms with van der Waals surface area (Å²) in [6.45, 7) is 0.579. The molecule has 0 radical (unpaired) electrons. The Bertz CT molecular complexity index is 1050. The van der Waals surface area contributed by atoms with Crippen LogP contribution in [-0.4, -0.2) is 50.5 Å². The van der Waals surface area contributed by atoms with E-state index in [9.17, 15) is 0 Å². The number of hydrogen-bond donors (Lipinski definition) is 1. The van der Waals surface area contributed by atoms with E-state index in [1.54, 1.807) is 7.11 Å². The minimum Gasteiger partial charge on any atom is -0.388 e. The first-order valence-electron chi connectivity index (χ1n) is 9.02. The minimum atomic E-state index is -0.193. The lowest BCUT2D eigenvalue weighted by atomic mass is 10.1. The van der Waals surface area contributed by atoms with Gasteiger partial charge < -0.3 is 14.7 Å². The highest BCUT2D eigenvalue weighted by molar-refractivity contribution is 7.09. The van der Waals surface area contributed by atoms with Crippen LogP contribution in [0.1, 0.15) is 17.8 Å². The number of aromatic nitrogens is 4. The third-order valence-electron chi connectivity index (χ3n) is 4.61. The monoisotopic (exact) mass is 427 g/mol. The van der Waals surface area contributed by atoms with Crippen molar-refractivity contribution in [1.29, 1.82) is 0 Å². The van der Waals surface area contributed by atoms with Gasteiger partial charge in [-0.3, -0.25) is 0 Å². The van der Waals surface area contributed by atoms with Crippen LogP contribution in [0.4, 0.5) is 5.82 Å². The molecular formula is C20H18ClN5O2S. The first-order chi connectivity index (χ1) is 14.2. The molecular weight excluding hydrogens is 410 g/mol. The van der Waals surface area contributed by atoms with Gasteiger partial charge >= 0.3 is 0 Å². The molecule has 0 bridgehead atoms. The first kappa shape index (κ1) is 19.7. The maximum Gasteiger partial charge on any atom is 0.168 e. The second-order valence-corrected chi connectivity index (χ2v) is 7.62. The van der Waals surface area contributed by atoms with Crippen molar-refractivity contribution in [1.82, 2.24) is 19.6 Å². The number of aliphatic hydroxyl groups excluding tert-OH is 1. The van der Waals surface area contributed by atoms with E-state index < -0.39 is 0 Å². The Balaban J connectivity index is 1.57. The van der Waals surface area contributed by atoms with Crippen LogP contribution in [0.25, 0.3) is 10.7 Å². The molecule has 29 heavy (non-hydrogen) atoms. The summed E-state index contributed by atoms with van der Waals surface area (Å²) in [6, 6.07) is 11.1. The summed E-state index contributed by atoms with van der Waals surface area (Å²) in [5, 5.41) is 19.1. The second-order valence-electron chi connectivity index (χ2n) is 6.43. The van der Waals surface area contributed by atoms with Crippen LogP contribution in [0, 0.1) is 11.8 Å². The van der Waals surface area contributed by atoms with E-state index in [0.29, 0.717) is 21.5 Å². The molecule has 1 saturated heterocycles. The fourth-order valence-corrected chi connectivity index (χ4v) is 4.01. The van der Waals surface area contributed by atoms with Crippen LogP contribution in [0.15, 0.2) is 36.4 Å². The second kappa shape index (κ2) is 8.84. The van der Waals surface area contributed by atoms with Crippen molar-refractivity contribution in [3.63, 3.8) is 0 Å². The number of halogens is 1. The van der Waals surface area contributed by atoms with Gasteiger partial charge in [0.25, 0.3) is 0 Å². The summed E-state index contributed by atoms with van der Waals surface area (Å²) in [7, 11) is 1.70. The van der Waals surface area contributed by atoms with Gasteiger partial charge in [0.15, 0.2) is 16.6 Å². The van der Waals surface area contributed by atoms with Crippen LogP contribution >= 0.6 is 23.1 Å². The van der Waals surface area contributed by atoms with Gasteiger partial charge in [-0.25, -0.2) is 4.98 Å². The number of anilines is 1. The number of hydrogen-bond acceptors (Lipinski definition) is 8. The molecule has 148 valence electrons. The molecule has 3 aromatic rings. The number of rotatable bonds is 4. The van der Waals surface area contributed by atoms with Gasteiger partial charge in [0.05, 0.1) is 6.10 Å². The normalized spacial score (nSPS) is 18.5. The molecule has 4 rings (SSSR count). The van der Waals surface area contributed by atoms with Crippen molar-refractivity contribution < 1.29 is 9.84 Å². The van der Waals surface area contributed by atoms with Crippen LogP contribution in [0.2, 0.25) is 5.02 Å². The predicted octanol–water partition coefficient (Wildman–Crippen LogP) is 2.79. The van der Waals surface area contributed by atoms with Gasteiger partial charge in [0.2, 0.25) is 0 Å². The molecule has 2 unspecified atom stereocenters. The summed E-state index contributed by atoms with van der Waals surface area (Å²) >= 11 is 7.24. The van der Waals surface area contributed by atoms with Gasteiger partial charge in [-0.1, -0.05) is 29.5 Å². The predicted molar refractivity (Wildman–Crippen MR) is 112 cm³/mol. The number of aliphatic hydroxyl groups is 1. The van der Waals surface area contributed by atoms with E-state index in [0.717, 1.165) is 24.3 Å². The maximum absolute atomic E-state index is 9.12. The van der Waals surface area contributed by atoms with Crippen molar-refractivity contribution in [3.8, 4) is 22.5 Å². The van der Waals surface area contributed by atoms with E-state index in [1.807, 2.05) is 36.4 Å². The van der Waals surface area contributed by atoms with Gasteiger partial charge in [0, 0.05) is 24.2 Å². The molecule has 1 fully saturated rings. The molecule has 3 heterocycles. The van der Waals surface area contributed by atoms with E-state index in [1.165, 1.54) is 11.5 Å². The molecule has 2 atom stereocenters. The molecule has 1 aliphatic rings. The lowest BCUT2D eigenvalue weighted by Gasteiger charge is -2.23. The molecule has 1 N–H and O–H groups in total. The highest BCUT2D eigenvalue weighted by Gasteiger charge is 2.34. The summed E-state index contributed by atoms with van der Waals surface area (Å²) < 4.78 is 9.70. The number of ether oxygens (including phenoxy) is 1. The van der Waals surface area contributed by atoms with Gasteiger partial charge in [0.1, 0.15) is 18.3 Å². The minimum absolute atomic E-state index is 0.0153. The van der Waals surface area contributed by atoms with E-state index in [4.69, 9.17) is 21.4 Å². The highest BCUT2D eigenvalue weighted by Crippen LogP contribution is 2.27. The Morgan fingerprint density at radius 2 is 2.21 bits per heavy atom. The topological polar surface area (TPSA) is 84.3 Å². The lowest BCUT2D eigenvalue weighted by Crippen LogP contribution is -2.35. The number of benzene rings is 1. The average Bonchev–Trinajstić information content (AvgIpc) is 3.39. The molecule has 0 spiro atoms. The Morgan fingerprint density at radius 3 is 2.90 bits per heavy atom. The standard InChI is InChI=1S/C20H18ClN5O2S/c1-28-17-9-10-26(16(17)7-5-13-3-2-4-14(21)11-13)19-8-6-15(23-24-19)20-22-18(12-27)25-29-20/h2-4,6,8,11,16-17,27H,9-10,12H2,1H3. The zero-order valence-electron chi connectivity index (χ0n) is 15.6. The van der Waals surface area contributed by atoms with Crippen molar-refractivity contribution in [2.75, 3.05) is 18.6 Å². The molecule has 9 heteroatoms. The average molecular weight is 428 g/mol. The molecule has 1 aliphatic heterocycles. The molecule has 0 aliphatic carbocycles. The van der Waals surface area contributed by atoms with Crippen LogP contribution in [0.3, 0.4) is 0 Å². The first-order valence-corrected chi connectivity index (χ1v) is 10.2. The smallest absolute Gasteiger partial charge is 0.168 e. The van der Waals surface area contributed by atoms with Gasteiger partial charge in [-0.2, -0.15) is 4.37 Å². The summed E-state index contributed by atoms with van der Waals surface area (Å²) in [6.07, 6.45) is 0.837. The Labute approximate surface area is 177 Å². The van der Waals surface area contributed by atoms with Crippen molar-refractivity contribution >= 4 is 29.0 Å². The third-order valence-corrected chi connectivity index (χ3v) is 5.62. The van der Waals surface area contributed by atoms with Crippen molar-refractivity contribution in [2.45, 2.75) is 25.2 Å². The number of nitrogens with zero attached hydrogens (tertiary/aromatic N) is 5. The van der Waals surface area contributed by atoms with E-state index in [-0.39, 0.29) is 18.8 Å². The third kappa shape index (κ3) is 4.38. The zero-order valence-corrected chi connectivity index (χ0v) is 17.2.